The van der Waals surface area contributed by atoms with Crippen LogP contribution in [-0.2, 0) is 20.9 Å². The Morgan fingerprint density at radius 1 is 1.25 bits per heavy atom. The van der Waals surface area contributed by atoms with E-state index in [1.807, 2.05) is 31.2 Å². The molecule has 1 fully saturated rings. The normalized spacial score (nSPS) is 15.8. The fraction of sp³-hybridized carbons (Fsp3) is 0.556. The van der Waals surface area contributed by atoms with Crippen LogP contribution < -0.4 is 10.1 Å². The van der Waals surface area contributed by atoms with Crippen molar-refractivity contribution in [2.24, 2.45) is 5.92 Å². The number of piperidine rings is 1. The van der Waals surface area contributed by atoms with Crippen molar-refractivity contribution in [2.45, 2.75) is 26.3 Å². The van der Waals surface area contributed by atoms with Gasteiger partial charge in [-0.15, -0.1) is 0 Å². The molecule has 0 aliphatic carbocycles. The molecule has 1 saturated heterocycles. The van der Waals surface area contributed by atoms with Crippen molar-refractivity contribution in [3.63, 3.8) is 0 Å². The molecule has 0 atom stereocenters. The third kappa shape index (κ3) is 5.23. The maximum Gasteiger partial charge on any atom is 0.309 e. The summed E-state index contributed by atoms with van der Waals surface area (Å²) in [6, 6.07) is 7.63. The van der Waals surface area contributed by atoms with E-state index in [2.05, 4.69) is 10.2 Å². The quantitative estimate of drug-likeness (QED) is 0.767. The molecule has 24 heavy (non-hydrogen) atoms. The van der Waals surface area contributed by atoms with Gasteiger partial charge in [-0.05, 0) is 38.9 Å². The van der Waals surface area contributed by atoms with Gasteiger partial charge in [0.1, 0.15) is 5.75 Å². The van der Waals surface area contributed by atoms with E-state index in [1.54, 1.807) is 7.11 Å². The van der Waals surface area contributed by atoms with Crippen molar-refractivity contribution in [1.82, 2.24) is 10.2 Å². The summed E-state index contributed by atoms with van der Waals surface area (Å²) in [5, 5.41) is 2.92. The molecule has 6 nitrogen and oxygen atoms in total. The average Bonchev–Trinajstić information content (AvgIpc) is 2.61. The second-order valence-electron chi connectivity index (χ2n) is 5.89. The third-order valence-corrected chi connectivity index (χ3v) is 4.24. The number of rotatable bonds is 7. The monoisotopic (exact) mass is 334 g/mol. The van der Waals surface area contributed by atoms with Crippen LogP contribution >= 0.6 is 0 Å². The van der Waals surface area contributed by atoms with Crippen LogP contribution in [0.5, 0.6) is 5.75 Å². The Balaban J connectivity index is 1.73. The summed E-state index contributed by atoms with van der Waals surface area (Å²) in [4.78, 5) is 25.9. The van der Waals surface area contributed by atoms with Crippen LogP contribution in [0.25, 0.3) is 0 Å². The highest BCUT2D eigenvalue weighted by atomic mass is 16.5. The molecule has 1 N–H and O–H groups in total. The van der Waals surface area contributed by atoms with Crippen LogP contribution in [0.4, 0.5) is 0 Å². The van der Waals surface area contributed by atoms with Crippen molar-refractivity contribution in [3.05, 3.63) is 29.8 Å². The average molecular weight is 334 g/mol. The lowest BCUT2D eigenvalue weighted by Gasteiger charge is -2.30. The summed E-state index contributed by atoms with van der Waals surface area (Å²) < 4.78 is 10.3. The lowest BCUT2D eigenvalue weighted by Crippen LogP contribution is -2.42. The zero-order valence-corrected chi connectivity index (χ0v) is 14.4. The molecule has 1 aliphatic rings. The Morgan fingerprint density at radius 3 is 2.62 bits per heavy atom. The minimum absolute atomic E-state index is 0.0181. The molecule has 0 unspecified atom stereocenters. The summed E-state index contributed by atoms with van der Waals surface area (Å²) in [6.07, 6.45) is 1.50. The van der Waals surface area contributed by atoms with E-state index in [-0.39, 0.29) is 17.8 Å². The number of nitrogens with one attached hydrogen (secondary N) is 1. The maximum absolute atomic E-state index is 12.1. The smallest absolute Gasteiger partial charge is 0.309 e. The minimum atomic E-state index is -0.113. The molecule has 0 bridgehead atoms. The topological polar surface area (TPSA) is 67.9 Å². The predicted molar refractivity (Wildman–Crippen MR) is 90.6 cm³/mol. The first-order valence-corrected chi connectivity index (χ1v) is 8.41. The lowest BCUT2D eigenvalue weighted by molar-refractivity contribution is -0.149. The number of hydrogen-bond donors (Lipinski definition) is 1. The van der Waals surface area contributed by atoms with Gasteiger partial charge in [0.15, 0.2) is 0 Å². The van der Waals surface area contributed by atoms with Gasteiger partial charge in [-0.2, -0.15) is 0 Å². The number of amides is 1. The van der Waals surface area contributed by atoms with E-state index in [4.69, 9.17) is 9.47 Å². The van der Waals surface area contributed by atoms with Crippen LogP contribution in [0, 0.1) is 5.92 Å². The first-order chi connectivity index (χ1) is 11.6. The number of nitrogens with zero attached hydrogens (tertiary/aromatic N) is 1. The standard InChI is InChI=1S/C18H26N2O4/c1-3-24-18(22)14-8-10-20(11-9-14)13-17(21)19-12-15-6-4-5-7-16(15)23-2/h4-7,14H,3,8-13H2,1-2H3,(H,19,21). The molecule has 1 aromatic rings. The molecule has 0 spiro atoms. The highest BCUT2D eigenvalue weighted by Crippen LogP contribution is 2.19. The number of benzene rings is 1. The van der Waals surface area contributed by atoms with Crippen molar-refractivity contribution in [2.75, 3.05) is 33.4 Å². The van der Waals surface area contributed by atoms with Gasteiger partial charge < -0.3 is 14.8 Å². The fourth-order valence-corrected chi connectivity index (χ4v) is 2.89. The first-order valence-electron chi connectivity index (χ1n) is 8.41. The lowest BCUT2D eigenvalue weighted by atomic mass is 9.97. The molecule has 6 heteroatoms. The highest BCUT2D eigenvalue weighted by molar-refractivity contribution is 5.78. The van der Waals surface area contributed by atoms with Gasteiger partial charge in [0.25, 0.3) is 0 Å². The Kier molecular flexibility index (Phi) is 7.06. The number of likely N-dealkylation sites (tertiary alicyclic amines) is 1. The van der Waals surface area contributed by atoms with E-state index in [9.17, 15) is 9.59 Å². The number of para-hydroxylation sites is 1. The Bertz CT molecular complexity index is 554. The van der Waals surface area contributed by atoms with Crippen LogP contribution in [0.3, 0.4) is 0 Å². The molecule has 1 aliphatic heterocycles. The Hall–Kier alpha value is -2.08. The van der Waals surface area contributed by atoms with E-state index >= 15 is 0 Å². The molecular weight excluding hydrogens is 308 g/mol. The molecule has 0 radical (unpaired) electrons. The van der Waals surface area contributed by atoms with E-state index in [1.165, 1.54) is 0 Å². The van der Waals surface area contributed by atoms with Crippen LogP contribution in [0.1, 0.15) is 25.3 Å². The fourth-order valence-electron chi connectivity index (χ4n) is 2.89. The molecule has 1 heterocycles. The van der Waals surface area contributed by atoms with Crippen molar-refractivity contribution < 1.29 is 19.1 Å². The largest absolute Gasteiger partial charge is 0.496 e. The van der Waals surface area contributed by atoms with Crippen LogP contribution in [-0.4, -0.2) is 50.1 Å². The van der Waals surface area contributed by atoms with Gasteiger partial charge in [0.05, 0.1) is 26.2 Å². The molecule has 0 aromatic heterocycles. The van der Waals surface area contributed by atoms with Gasteiger partial charge in [-0.1, -0.05) is 18.2 Å². The number of methoxy groups -OCH3 is 1. The summed E-state index contributed by atoms with van der Waals surface area (Å²) >= 11 is 0. The highest BCUT2D eigenvalue weighted by Gasteiger charge is 2.26. The van der Waals surface area contributed by atoms with Gasteiger partial charge in [0.2, 0.25) is 5.91 Å². The van der Waals surface area contributed by atoms with Crippen molar-refractivity contribution in [3.8, 4) is 5.75 Å². The molecular formula is C18H26N2O4. The molecule has 132 valence electrons. The van der Waals surface area contributed by atoms with E-state index in [0.29, 0.717) is 19.7 Å². The Morgan fingerprint density at radius 2 is 1.96 bits per heavy atom. The summed E-state index contributed by atoms with van der Waals surface area (Å²) in [5.41, 5.74) is 0.953. The van der Waals surface area contributed by atoms with Crippen molar-refractivity contribution >= 4 is 11.9 Å². The SMILES string of the molecule is CCOC(=O)C1CCN(CC(=O)NCc2ccccc2OC)CC1. The van der Waals surface area contributed by atoms with Gasteiger partial charge in [-0.3, -0.25) is 14.5 Å². The number of carbonyl (C=O) groups is 2. The van der Waals surface area contributed by atoms with E-state index < -0.39 is 0 Å². The molecule has 1 aromatic carbocycles. The molecule has 1 amide bonds. The van der Waals surface area contributed by atoms with Gasteiger partial charge in [-0.25, -0.2) is 0 Å². The second kappa shape index (κ2) is 9.27. The van der Waals surface area contributed by atoms with Crippen LogP contribution in [0.15, 0.2) is 24.3 Å². The third-order valence-electron chi connectivity index (χ3n) is 4.24. The number of carbonyl (C=O) groups excluding carboxylic acids is 2. The van der Waals surface area contributed by atoms with Crippen LogP contribution in [0.2, 0.25) is 0 Å². The molecule has 0 saturated carbocycles. The number of ether oxygens (including phenoxy) is 2. The second-order valence-corrected chi connectivity index (χ2v) is 5.89. The number of hydrogen-bond acceptors (Lipinski definition) is 5. The summed E-state index contributed by atoms with van der Waals surface area (Å²) in [5.74, 6) is 0.610. The summed E-state index contributed by atoms with van der Waals surface area (Å²) in [7, 11) is 1.62. The van der Waals surface area contributed by atoms with Gasteiger partial charge in [0, 0.05) is 12.1 Å². The maximum atomic E-state index is 12.1. The minimum Gasteiger partial charge on any atom is -0.496 e. The summed E-state index contributed by atoms with van der Waals surface area (Å²) in [6.45, 7) is 4.52. The predicted octanol–water partition coefficient (Wildman–Crippen LogP) is 1.59. The zero-order chi connectivity index (χ0) is 17.4. The first kappa shape index (κ1) is 18.3. The van der Waals surface area contributed by atoms with Gasteiger partial charge >= 0.3 is 5.97 Å². The Labute approximate surface area is 143 Å². The number of esters is 1. The van der Waals surface area contributed by atoms with Crippen molar-refractivity contribution in [1.29, 1.82) is 0 Å². The molecule has 2 rings (SSSR count). The zero-order valence-electron chi connectivity index (χ0n) is 14.4. The van der Waals surface area contributed by atoms with E-state index in [0.717, 1.165) is 37.2 Å².